The molecule has 1 fully saturated rings. The van der Waals surface area contributed by atoms with Gasteiger partial charge >= 0.3 is 0 Å². The van der Waals surface area contributed by atoms with Crippen LogP contribution in [0.2, 0.25) is 0 Å². The predicted octanol–water partition coefficient (Wildman–Crippen LogP) is 3.47. The van der Waals surface area contributed by atoms with Crippen molar-refractivity contribution in [3.8, 4) is 0 Å². The number of aromatic nitrogens is 1. The molecule has 0 bridgehead atoms. The topological polar surface area (TPSA) is 76.9 Å². The summed E-state index contributed by atoms with van der Waals surface area (Å²) in [5.41, 5.74) is 4.07. The van der Waals surface area contributed by atoms with Gasteiger partial charge in [0.05, 0.1) is 16.3 Å². The van der Waals surface area contributed by atoms with E-state index in [-0.39, 0.29) is 0 Å². The number of allylic oxidation sites excluding steroid dienone is 1. The summed E-state index contributed by atoms with van der Waals surface area (Å²) in [4.78, 5) is 16.8. The number of hydrogen-bond acceptors (Lipinski definition) is 7. The molecule has 1 aromatic carbocycles. The molecular weight excluding hydrogens is 382 g/mol. The highest BCUT2D eigenvalue weighted by Gasteiger charge is 2.12. The smallest absolute Gasteiger partial charge is 0.183 e. The zero-order chi connectivity index (χ0) is 20.6. The Bertz CT molecular complexity index is 890. The van der Waals surface area contributed by atoms with Crippen molar-refractivity contribution < 1.29 is 0 Å². The number of amidine groups is 1. The molecule has 154 valence electrons. The molecule has 0 spiro atoms. The lowest BCUT2D eigenvalue weighted by Gasteiger charge is -2.29. The molecule has 0 radical (unpaired) electrons. The lowest BCUT2D eigenvalue weighted by Crippen LogP contribution is -2.43. The van der Waals surface area contributed by atoms with Crippen molar-refractivity contribution in [3.63, 3.8) is 0 Å². The van der Waals surface area contributed by atoms with Crippen molar-refractivity contribution >= 4 is 45.6 Å². The predicted molar refractivity (Wildman–Crippen MR) is 127 cm³/mol. The number of nitrogens with one attached hydrogen (secondary N) is 3. The van der Waals surface area contributed by atoms with E-state index >= 15 is 0 Å². The third-order valence-corrected chi connectivity index (χ3v) is 5.78. The summed E-state index contributed by atoms with van der Waals surface area (Å²) < 4.78 is 0. The van der Waals surface area contributed by atoms with Gasteiger partial charge in [-0.2, -0.15) is 0 Å². The summed E-state index contributed by atoms with van der Waals surface area (Å²) in [6, 6.07) is 8.52. The van der Waals surface area contributed by atoms with Crippen molar-refractivity contribution in [1.29, 1.82) is 0 Å². The van der Waals surface area contributed by atoms with Crippen LogP contribution in [0, 0.1) is 6.92 Å². The van der Waals surface area contributed by atoms with Crippen LogP contribution in [-0.4, -0.2) is 57.3 Å². The number of aryl methyl sites for hydroxylation is 1. The van der Waals surface area contributed by atoms with Crippen LogP contribution in [-0.2, 0) is 0 Å². The van der Waals surface area contributed by atoms with Gasteiger partial charge < -0.3 is 20.9 Å². The summed E-state index contributed by atoms with van der Waals surface area (Å²) in [6.45, 7) is 8.13. The first-order valence-corrected chi connectivity index (χ1v) is 10.6. The highest BCUT2D eigenvalue weighted by atomic mass is 32.1. The Kier molecular flexibility index (Phi) is 7.37. The molecular formula is C21H29N7S. The number of piperazine rings is 1. The second-order valence-electron chi connectivity index (χ2n) is 6.75. The molecule has 0 aliphatic carbocycles. The van der Waals surface area contributed by atoms with E-state index in [9.17, 15) is 0 Å². The quantitative estimate of drug-likeness (QED) is 0.501. The molecule has 3 rings (SSSR count). The fourth-order valence-electron chi connectivity index (χ4n) is 3.15. The summed E-state index contributed by atoms with van der Waals surface area (Å²) in [7, 11) is 3.63. The minimum Gasteiger partial charge on any atom is -0.369 e. The molecule has 0 atom stereocenters. The number of benzene rings is 1. The van der Waals surface area contributed by atoms with E-state index in [1.54, 1.807) is 24.6 Å². The van der Waals surface area contributed by atoms with Gasteiger partial charge in [0.15, 0.2) is 5.13 Å². The number of aliphatic imine (C=N–C) groups is 2. The Hall–Kier alpha value is -2.71. The van der Waals surface area contributed by atoms with Crippen LogP contribution in [0.1, 0.15) is 17.5 Å². The molecule has 2 heterocycles. The first kappa shape index (κ1) is 21.0. The van der Waals surface area contributed by atoms with E-state index in [2.05, 4.69) is 55.1 Å². The lowest BCUT2D eigenvalue weighted by atomic mass is 10.2. The summed E-state index contributed by atoms with van der Waals surface area (Å²) in [6.07, 6.45) is 3.67. The SMILES string of the molecule is CN=C/C=C(\N=C(C)Nc1ccc(N2CCNCC2)cc1)c1sc(NC)nc1C. The van der Waals surface area contributed by atoms with Crippen LogP contribution in [0.5, 0.6) is 0 Å². The average Bonchev–Trinajstić information content (AvgIpc) is 3.13. The van der Waals surface area contributed by atoms with Gasteiger partial charge in [0.1, 0.15) is 5.84 Å². The molecule has 0 saturated carbocycles. The molecule has 2 aromatic rings. The monoisotopic (exact) mass is 411 g/mol. The zero-order valence-electron chi connectivity index (χ0n) is 17.5. The Balaban J connectivity index is 1.75. The third-order valence-electron chi connectivity index (χ3n) is 4.59. The number of rotatable bonds is 6. The minimum absolute atomic E-state index is 0.814. The van der Waals surface area contributed by atoms with Gasteiger partial charge in [-0.15, -0.1) is 0 Å². The van der Waals surface area contributed by atoms with Crippen LogP contribution in [0.3, 0.4) is 0 Å². The molecule has 1 aliphatic heterocycles. The Labute approximate surface area is 176 Å². The maximum absolute atomic E-state index is 4.80. The molecule has 0 unspecified atom stereocenters. The van der Waals surface area contributed by atoms with Crippen LogP contribution in [0.4, 0.5) is 16.5 Å². The van der Waals surface area contributed by atoms with Gasteiger partial charge in [-0.3, -0.25) is 4.99 Å². The van der Waals surface area contributed by atoms with Gasteiger partial charge in [0.25, 0.3) is 0 Å². The Morgan fingerprint density at radius 3 is 2.59 bits per heavy atom. The summed E-state index contributed by atoms with van der Waals surface area (Å²) >= 11 is 1.59. The number of hydrogen-bond donors (Lipinski definition) is 3. The molecule has 1 aromatic heterocycles. The minimum atomic E-state index is 0.814. The maximum atomic E-state index is 4.80. The van der Waals surface area contributed by atoms with Crippen molar-refractivity contribution in [1.82, 2.24) is 10.3 Å². The molecule has 29 heavy (non-hydrogen) atoms. The van der Waals surface area contributed by atoms with E-state index in [4.69, 9.17) is 4.99 Å². The molecule has 1 aliphatic rings. The fraction of sp³-hybridized carbons (Fsp3) is 0.381. The van der Waals surface area contributed by atoms with Crippen molar-refractivity contribution in [2.24, 2.45) is 9.98 Å². The first-order chi connectivity index (χ1) is 14.1. The van der Waals surface area contributed by atoms with E-state index < -0.39 is 0 Å². The standard InChI is InChI=1S/C21H29N7S/c1-15-20(29-21(23-4)25-15)19(9-10-22-3)27-16(2)26-17-5-7-18(8-6-17)28-13-11-24-12-14-28/h5-10,24H,11-14H2,1-4H3,(H,23,25)(H,26,27)/b19-9-,22-10?. The summed E-state index contributed by atoms with van der Waals surface area (Å²) in [5, 5.41) is 10.8. The zero-order valence-corrected chi connectivity index (χ0v) is 18.3. The number of nitrogens with zero attached hydrogens (tertiary/aromatic N) is 4. The summed E-state index contributed by atoms with van der Waals surface area (Å²) in [5.74, 6) is 0.814. The number of anilines is 3. The van der Waals surface area contributed by atoms with Crippen LogP contribution >= 0.6 is 11.3 Å². The molecule has 8 heteroatoms. The normalized spacial score (nSPS) is 15.8. The van der Waals surface area contributed by atoms with Crippen LogP contribution < -0.4 is 20.9 Å². The molecule has 7 nitrogen and oxygen atoms in total. The third kappa shape index (κ3) is 5.65. The van der Waals surface area contributed by atoms with Gasteiger partial charge in [-0.1, -0.05) is 11.3 Å². The highest BCUT2D eigenvalue weighted by Crippen LogP contribution is 2.30. The van der Waals surface area contributed by atoms with E-state index in [0.29, 0.717) is 0 Å². The molecule has 0 amide bonds. The first-order valence-electron chi connectivity index (χ1n) is 9.76. The number of thiazole rings is 1. The lowest BCUT2D eigenvalue weighted by molar-refractivity contribution is 0.589. The highest BCUT2D eigenvalue weighted by molar-refractivity contribution is 7.16. The van der Waals surface area contributed by atoms with Crippen molar-refractivity contribution in [3.05, 3.63) is 40.9 Å². The Morgan fingerprint density at radius 2 is 1.97 bits per heavy atom. The van der Waals surface area contributed by atoms with E-state index in [1.807, 2.05) is 27.0 Å². The molecule has 1 saturated heterocycles. The second kappa shape index (κ2) is 10.2. The fourth-order valence-corrected chi connectivity index (χ4v) is 4.04. The van der Waals surface area contributed by atoms with Crippen LogP contribution in [0.25, 0.3) is 5.70 Å². The largest absolute Gasteiger partial charge is 0.369 e. The second-order valence-corrected chi connectivity index (χ2v) is 7.75. The molecule has 3 N–H and O–H groups in total. The van der Waals surface area contributed by atoms with Gasteiger partial charge in [0, 0.05) is 57.9 Å². The van der Waals surface area contributed by atoms with Gasteiger partial charge in [-0.25, -0.2) is 9.98 Å². The van der Waals surface area contributed by atoms with Crippen molar-refractivity contribution in [2.75, 3.05) is 55.8 Å². The van der Waals surface area contributed by atoms with Crippen molar-refractivity contribution in [2.45, 2.75) is 13.8 Å². The van der Waals surface area contributed by atoms with Gasteiger partial charge in [0.2, 0.25) is 0 Å². The van der Waals surface area contributed by atoms with Crippen LogP contribution in [0.15, 0.2) is 40.3 Å². The van der Waals surface area contributed by atoms with E-state index in [1.165, 1.54) is 5.69 Å². The average molecular weight is 412 g/mol. The maximum Gasteiger partial charge on any atom is 0.183 e. The van der Waals surface area contributed by atoms with E-state index in [0.717, 1.165) is 59.1 Å². The van der Waals surface area contributed by atoms with Gasteiger partial charge in [-0.05, 0) is 44.2 Å². The Morgan fingerprint density at radius 1 is 1.24 bits per heavy atom.